The minimum atomic E-state index is -5.07. The molecule has 0 spiro atoms. The average molecular weight is 428 g/mol. The minimum absolute atomic E-state index is 0.0683. The summed E-state index contributed by atoms with van der Waals surface area (Å²) in [6.07, 6.45) is -10.1. The van der Waals surface area contributed by atoms with Crippen LogP contribution in [0.3, 0.4) is 0 Å². The predicted octanol–water partition coefficient (Wildman–Crippen LogP) is 3.94. The highest BCUT2D eigenvalue weighted by Gasteiger charge is 2.37. The van der Waals surface area contributed by atoms with Crippen molar-refractivity contribution in [1.29, 1.82) is 0 Å². The normalized spacial score (nSPS) is 14.2. The van der Waals surface area contributed by atoms with Crippen LogP contribution in [0.1, 0.15) is 31.9 Å². The van der Waals surface area contributed by atoms with E-state index in [1.165, 1.54) is 0 Å². The van der Waals surface area contributed by atoms with Crippen LogP contribution in [0.4, 0.5) is 43.4 Å². The van der Waals surface area contributed by atoms with E-state index in [-0.39, 0.29) is 6.07 Å². The second-order valence-corrected chi connectivity index (χ2v) is 8.78. The number of nitrogens with one attached hydrogen (secondary N) is 2. The summed E-state index contributed by atoms with van der Waals surface area (Å²) in [7, 11) is -1.85. The topological polar surface area (TPSA) is 75.3 Å². The van der Waals surface area contributed by atoms with E-state index in [0.717, 1.165) is 0 Å². The number of rotatable bonds is 4. The van der Waals surface area contributed by atoms with E-state index in [1.807, 2.05) is 0 Å². The molecule has 12 heteroatoms. The van der Waals surface area contributed by atoms with Crippen molar-refractivity contribution in [2.24, 2.45) is 0 Å². The molecule has 0 aliphatic rings. The van der Waals surface area contributed by atoms with E-state index < -0.39 is 67.1 Å². The SMILES string of the molecule is CC(C)(C)S(=O)Nc1c(Nc2cc(C(F)(F)F)cc(C(F)(F)F)c2)c(=O)c1=O. The van der Waals surface area contributed by atoms with Crippen molar-refractivity contribution >= 4 is 28.0 Å². The lowest BCUT2D eigenvalue weighted by Crippen LogP contribution is -2.39. The van der Waals surface area contributed by atoms with Crippen LogP contribution < -0.4 is 20.9 Å². The molecule has 154 valence electrons. The van der Waals surface area contributed by atoms with Crippen molar-refractivity contribution in [3.63, 3.8) is 0 Å². The first-order valence-corrected chi connectivity index (χ1v) is 8.75. The van der Waals surface area contributed by atoms with Crippen molar-refractivity contribution in [1.82, 2.24) is 0 Å². The number of alkyl halides is 6. The molecule has 2 aromatic rings. The molecular formula is C16H14F6N2O3S. The summed E-state index contributed by atoms with van der Waals surface area (Å²) in [5.41, 5.74) is -7.13. The fraction of sp³-hybridized carbons (Fsp3) is 0.375. The second-order valence-electron chi connectivity index (χ2n) is 6.81. The standard InChI is InChI=1S/C16H14F6N2O3S/c1-14(2,3)28(27)24-11-10(12(25)13(11)26)23-9-5-7(15(17,18)19)4-8(6-9)16(20,21)22/h4-6,23-24H,1-3H3. The van der Waals surface area contributed by atoms with Gasteiger partial charge < -0.3 is 5.32 Å². The van der Waals surface area contributed by atoms with Crippen LogP contribution in [0.15, 0.2) is 27.8 Å². The Morgan fingerprint density at radius 1 is 0.786 bits per heavy atom. The first-order chi connectivity index (χ1) is 12.5. The Morgan fingerprint density at radius 2 is 1.21 bits per heavy atom. The van der Waals surface area contributed by atoms with Gasteiger partial charge in [-0.25, -0.2) is 4.21 Å². The zero-order valence-corrected chi connectivity index (χ0v) is 15.4. The van der Waals surface area contributed by atoms with E-state index in [1.54, 1.807) is 20.8 Å². The molecule has 0 radical (unpaired) electrons. The molecule has 0 heterocycles. The smallest absolute Gasteiger partial charge is 0.350 e. The Labute approximate surface area is 157 Å². The van der Waals surface area contributed by atoms with Crippen molar-refractivity contribution in [2.75, 3.05) is 10.0 Å². The molecule has 1 atom stereocenters. The Morgan fingerprint density at radius 3 is 1.61 bits per heavy atom. The number of anilines is 3. The first-order valence-electron chi connectivity index (χ1n) is 7.60. The van der Waals surface area contributed by atoms with Crippen LogP contribution in [0.5, 0.6) is 0 Å². The highest BCUT2D eigenvalue weighted by molar-refractivity contribution is 7.87. The molecule has 0 aliphatic carbocycles. The van der Waals surface area contributed by atoms with Crippen molar-refractivity contribution in [3.8, 4) is 0 Å². The van der Waals surface area contributed by atoms with Gasteiger partial charge in [0, 0.05) is 5.69 Å². The molecule has 0 saturated carbocycles. The number of benzene rings is 1. The molecular weight excluding hydrogens is 414 g/mol. The monoisotopic (exact) mass is 428 g/mol. The summed E-state index contributed by atoms with van der Waals surface area (Å²) >= 11 is 0. The second kappa shape index (κ2) is 6.90. The average Bonchev–Trinajstić information content (AvgIpc) is 2.54. The lowest BCUT2D eigenvalue weighted by atomic mass is 10.1. The Kier molecular flexibility index (Phi) is 5.41. The lowest BCUT2D eigenvalue weighted by molar-refractivity contribution is -0.143. The third-order valence-corrected chi connectivity index (χ3v) is 5.02. The molecule has 0 amide bonds. The molecule has 28 heavy (non-hydrogen) atoms. The Balaban J connectivity index is 2.47. The van der Waals surface area contributed by atoms with Crippen molar-refractivity contribution in [2.45, 2.75) is 37.9 Å². The fourth-order valence-electron chi connectivity index (χ4n) is 2.03. The van der Waals surface area contributed by atoms with Crippen LogP contribution in [0, 0.1) is 0 Å². The third-order valence-electron chi connectivity index (χ3n) is 3.52. The molecule has 5 nitrogen and oxygen atoms in total. The maximum absolute atomic E-state index is 12.9. The van der Waals surface area contributed by atoms with Gasteiger partial charge in [-0.15, -0.1) is 0 Å². The Hall–Kier alpha value is -2.37. The minimum Gasteiger partial charge on any atom is -0.350 e. The van der Waals surface area contributed by atoms with Gasteiger partial charge in [-0.05, 0) is 39.0 Å². The molecule has 0 aliphatic heterocycles. The maximum atomic E-state index is 12.9. The molecule has 2 aromatic carbocycles. The van der Waals surface area contributed by atoms with Gasteiger partial charge in [0.1, 0.15) is 22.4 Å². The first kappa shape index (κ1) is 21.9. The highest BCUT2D eigenvalue weighted by Crippen LogP contribution is 2.38. The molecule has 0 bridgehead atoms. The summed E-state index contributed by atoms with van der Waals surface area (Å²) in [6.45, 7) is 4.66. The molecule has 0 saturated heterocycles. The van der Waals surface area contributed by atoms with Gasteiger partial charge in [0.25, 0.3) is 10.9 Å². The largest absolute Gasteiger partial charge is 0.416 e. The van der Waals surface area contributed by atoms with Crippen LogP contribution in [0.25, 0.3) is 0 Å². The van der Waals surface area contributed by atoms with Gasteiger partial charge >= 0.3 is 12.4 Å². The quantitative estimate of drug-likeness (QED) is 0.572. The van der Waals surface area contributed by atoms with Gasteiger partial charge in [0.05, 0.1) is 15.9 Å². The van der Waals surface area contributed by atoms with Gasteiger partial charge in [0.15, 0.2) is 0 Å². The zero-order valence-electron chi connectivity index (χ0n) is 14.6. The van der Waals surface area contributed by atoms with E-state index in [9.17, 15) is 40.1 Å². The number of halogens is 6. The van der Waals surface area contributed by atoms with Crippen molar-refractivity contribution < 1.29 is 30.6 Å². The fourth-order valence-corrected chi connectivity index (χ4v) is 2.71. The van der Waals surface area contributed by atoms with E-state index >= 15 is 0 Å². The summed E-state index contributed by atoms with van der Waals surface area (Å²) < 4.78 is 90.9. The van der Waals surface area contributed by atoms with Crippen molar-refractivity contribution in [3.05, 3.63) is 49.8 Å². The van der Waals surface area contributed by atoms with Gasteiger partial charge in [-0.2, -0.15) is 26.3 Å². The predicted molar refractivity (Wildman–Crippen MR) is 92.6 cm³/mol. The molecule has 2 N–H and O–H groups in total. The number of hydrogen-bond donors (Lipinski definition) is 2. The van der Waals surface area contributed by atoms with Crippen LogP contribution in [-0.2, 0) is 23.3 Å². The van der Waals surface area contributed by atoms with E-state index in [4.69, 9.17) is 0 Å². The van der Waals surface area contributed by atoms with Crippen LogP contribution in [0.2, 0.25) is 0 Å². The maximum Gasteiger partial charge on any atom is 0.416 e. The molecule has 0 fully saturated rings. The van der Waals surface area contributed by atoms with E-state index in [2.05, 4.69) is 10.0 Å². The van der Waals surface area contributed by atoms with Gasteiger partial charge in [-0.3, -0.25) is 14.3 Å². The summed E-state index contributed by atoms with van der Waals surface area (Å²) in [6, 6.07) is 0.675. The third kappa shape index (κ3) is 4.54. The highest BCUT2D eigenvalue weighted by atomic mass is 32.2. The molecule has 0 aromatic heterocycles. The summed E-state index contributed by atoms with van der Waals surface area (Å²) in [5, 5.41) is 2.10. The van der Waals surface area contributed by atoms with Crippen LogP contribution >= 0.6 is 0 Å². The summed E-state index contributed by atoms with van der Waals surface area (Å²) in [4.78, 5) is 23.4. The Bertz CT molecular complexity index is 966. The van der Waals surface area contributed by atoms with Crippen LogP contribution in [-0.4, -0.2) is 8.96 Å². The molecule has 2 rings (SSSR count). The summed E-state index contributed by atoms with van der Waals surface area (Å²) in [5.74, 6) is 0. The zero-order chi connectivity index (χ0) is 21.7. The van der Waals surface area contributed by atoms with Gasteiger partial charge in [-0.1, -0.05) is 0 Å². The molecule has 1 unspecified atom stereocenters. The lowest BCUT2D eigenvalue weighted by Gasteiger charge is -2.21. The number of hydrogen-bond acceptors (Lipinski definition) is 4. The van der Waals surface area contributed by atoms with Gasteiger partial charge in [0.2, 0.25) is 0 Å². The van der Waals surface area contributed by atoms with E-state index in [0.29, 0.717) is 12.1 Å².